The lowest BCUT2D eigenvalue weighted by atomic mass is 10.2. The summed E-state index contributed by atoms with van der Waals surface area (Å²) in [5.41, 5.74) is 2.38. The minimum atomic E-state index is -0.435. The zero-order valence-corrected chi connectivity index (χ0v) is 15.3. The van der Waals surface area contributed by atoms with Crippen molar-refractivity contribution < 1.29 is 9.18 Å². The summed E-state index contributed by atoms with van der Waals surface area (Å²) in [6.07, 6.45) is 3.66. The normalized spacial score (nSPS) is 10.7. The quantitative estimate of drug-likeness (QED) is 0.645. The molecule has 0 fully saturated rings. The van der Waals surface area contributed by atoms with Gasteiger partial charge in [0.05, 0.1) is 18.3 Å². The first-order chi connectivity index (χ1) is 12.0. The van der Waals surface area contributed by atoms with Gasteiger partial charge in [0.25, 0.3) is 5.91 Å². The van der Waals surface area contributed by atoms with E-state index in [-0.39, 0.29) is 5.91 Å². The Labute approximate surface area is 154 Å². The number of amides is 1. The van der Waals surface area contributed by atoms with Crippen LogP contribution in [0.1, 0.15) is 21.5 Å². The molecule has 0 atom stereocenters. The van der Waals surface area contributed by atoms with Crippen molar-refractivity contribution in [2.24, 2.45) is 0 Å². The van der Waals surface area contributed by atoms with Gasteiger partial charge in [-0.2, -0.15) is 5.10 Å². The van der Waals surface area contributed by atoms with Gasteiger partial charge in [-0.1, -0.05) is 30.3 Å². The van der Waals surface area contributed by atoms with E-state index in [4.69, 9.17) is 0 Å². The molecule has 0 aliphatic rings. The molecule has 128 valence electrons. The first kappa shape index (κ1) is 17.4. The number of nitrogens with zero attached hydrogens (tertiary/aromatic N) is 3. The third kappa shape index (κ3) is 4.33. The van der Waals surface area contributed by atoms with E-state index in [1.807, 2.05) is 41.2 Å². The highest BCUT2D eigenvalue weighted by Crippen LogP contribution is 2.20. The van der Waals surface area contributed by atoms with Gasteiger partial charge >= 0.3 is 0 Å². The van der Waals surface area contributed by atoms with E-state index in [2.05, 4.69) is 21.0 Å². The van der Waals surface area contributed by atoms with Crippen LogP contribution in [0.4, 0.5) is 4.39 Å². The SMILES string of the molecule is CN(Cc1cnn(Cc2ccccc2)c1)C(=O)c1cc(F)ccc1Br. The molecule has 1 amide bonds. The van der Waals surface area contributed by atoms with Gasteiger partial charge in [0, 0.05) is 29.8 Å². The highest BCUT2D eigenvalue weighted by Gasteiger charge is 2.16. The molecule has 0 bridgehead atoms. The lowest BCUT2D eigenvalue weighted by Crippen LogP contribution is -2.26. The van der Waals surface area contributed by atoms with E-state index >= 15 is 0 Å². The Morgan fingerprint density at radius 3 is 2.72 bits per heavy atom. The number of benzene rings is 2. The molecule has 25 heavy (non-hydrogen) atoms. The maximum atomic E-state index is 13.4. The molecule has 3 rings (SSSR count). The topological polar surface area (TPSA) is 38.1 Å². The van der Waals surface area contributed by atoms with Crippen molar-refractivity contribution in [2.75, 3.05) is 7.05 Å². The van der Waals surface area contributed by atoms with Gasteiger partial charge in [-0.25, -0.2) is 4.39 Å². The van der Waals surface area contributed by atoms with Gasteiger partial charge < -0.3 is 4.90 Å². The standard InChI is InChI=1S/C19H17BrFN3O/c1-23(19(25)17-9-16(21)7-8-18(17)20)11-15-10-22-24(13-15)12-14-5-3-2-4-6-14/h2-10,13H,11-12H2,1H3. The summed E-state index contributed by atoms with van der Waals surface area (Å²) in [5.74, 6) is -0.683. The van der Waals surface area contributed by atoms with Gasteiger partial charge in [0.2, 0.25) is 0 Å². The highest BCUT2D eigenvalue weighted by molar-refractivity contribution is 9.10. The molecule has 0 unspecified atom stereocenters. The highest BCUT2D eigenvalue weighted by atomic mass is 79.9. The van der Waals surface area contributed by atoms with Gasteiger partial charge in [-0.15, -0.1) is 0 Å². The van der Waals surface area contributed by atoms with Gasteiger partial charge in [0.1, 0.15) is 5.82 Å². The lowest BCUT2D eigenvalue weighted by Gasteiger charge is -2.17. The van der Waals surface area contributed by atoms with Crippen LogP contribution in [0.5, 0.6) is 0 Å². The Kier molecular flexibility index (Phi) is 5.28. The molecule has 1 aromatic heterocycles. The third-order valence-electron chi connectivity index (χ3n) is 3.80. The van der Waals surface area contributed by atoms with Crippen molar-refractivity contribution in [1.82, 2.24) is 14.7 Å². The number of hydrogen-bond donors (Lipinski definition) is 0. The summed E-state index contributed by atoms with van der Waals surface area (Å²) in [7, 11) is 1.69. The first-order valence-corrected chi connectivity index (χ1v) is 8.58. The largest absolute Gasteiger partial charge is 0.337 e. The number of carbonyl (C=O) groups excluding carboxylic acids is 1. The number of aromatic nitrogens is 2. The molecule has 6 heteroatoms. The zero-order valence-electron chi connectivity index (χ0n) is 13.7. The van der Waals surface area contributed by atoms with Crippen molar-refractivity contribution in [3.63, 3.8) is 0 Å². The molecular weight excluding hydrogens is 385 g/mol. The predicted octanol–water partition coefficient (Wildman–Crippen LogP) is 4.11. The number of halogens is 2. The van der Waals surface area contributed by atoms with Crippen LogP contribution < -0.4 is 0 Å². The second kappa shape index (κ2) is 7.61. The molecule has 2 aromatic carbocycles. The number of rotatable bonds is 5. The van der Waals surface area contributed by atoms with Crippen molar-refractivity contribution in [3.05, 3.63) is 87.9 Å². The molecule has 0 aliphatic carbocycles. The summed E-state index contributed by atoms with van der Waals surface area (Å²) >= 11 is 3.30. The van der Waals surface area contributed by atoms with Crippen molar-refractivity contribution in [1.29, 1.82) is 0 Å². The molecule has 1 heterocycles. The maximum Gasteiger partial charge on any atom is 0.255 e. The van der Waals surface area contributed by atoms with E-state index in [1.54, 1.807) is 18.1 Å². The van der Waals surface area contributed by atoms with Crippen molar-refractivity contribution >= 4 is 21.8 Å². The van der Waals surface area contributed by atoms with Crippen LogP contribution in [0.25, 0.3) is 0 Å². The average Bonchev–Trinajstić information content (AvgIpc) is 3.04. The van der Waals surface area contributed by atoms with Crippen molar-refractivity contribution in [3.8, 4) is 0 Å². The first-order valence-electron chi connectivity index (χ1n) is 7.78. The molecule has 0 saturated heterocycles. The second-order valence-corrected chi connectivity index (χ2v) is 6.67. The van der Waals surface area contributed by atoms with Gasteiger partial charge in [0.15, 0.2) is 0 Å². The molecule has 0 radical (unpaired) electrons. The predicted molar refractivity (Wildman–Crippen MR) is 97.7 cm³/mol. The van der Waals surface area contributed by atoms with E-state index in [1.165, 1.54) is 18.2 Å². The lowest BCUT2D eigenvalue weighted by molar-refractivity contribution is 0.0783. The monoisotopic (exact) mass is 401 g/mol. The summed E-state index contributed by atoms with van der Waals surface area (Å²) < 4.78 is 15.8. The van der Waals surface area contributed by atoms with Crippen molar-refractivity contribution in [2.45, 2.75) is 13.1 Å². The van der Waals surface area contributed by atoms with Crippen LogP contribution in [-0.4, -0.2) is 27.6 Å². The Morgan fingerprint density at radius 1 is 1.20 bits per heavy atom. The molecule has 0 aliphatic heterocycles. The fraction of sp³-hybridized carbons (Fsp3) is 0.158. The zero-order chi connectivity index (χ0) is 17.8. The molecular formula is C19H17BrFN3O. The Hall–Kier alpha value is -2.47. The average molecular weight is 402 g/mol. The summed E-state index contributed by atoms with van der Waals surface area (Å²) in [4.78, 5) is 14.1. The Morgan fingerprint density at radius 2 is 1.96 bits per heavy atom. The molecule has 3 aromatic rings. The maximum absolute atomic E-state index is 13.4. The second-order valence-electron chi connectivity index (χ2n) is 5.82. The van der Waals surface area contributed by atoms with Crippen LogP contribution in [0, 0.1) is 5.82 Å². The van der Waals surface area contributed by atoms with Crippen LogP contribution in [0.2, 0.25) is 0 Å². The molecule has 0 N–H and O–H groups in total. The summed E-state index contributed by atoms with van der Waals surface area (Å²) in [6.45, 7) is 1.07. The minimum Gasteiger partial charge on any atom is -0.337 e. The number of hydrogen-bond acceptors (Lipinski definition) is 2. The number of carbonyl (C=O) groups is 1. The van der Waals surface area contributed by atoms with E-state index < -0.39 is 5.82 Å². The fourth-order valence-electron chi connectivity index (χ4n) is 2.56. The summed E-state index contributed by atoms with van der Waals surface area (Å²) in [6, 6.07) is 14.1. The van der Waals surface area contributed by atoms with E-state index in [0.29, 0.717) is 23.1 Å². The molecule has 0 spiro atoms. The van der Waals surface area contributed by atoms with Crippen LogP contribution in [0.15, 0.2) is 65.4 Å². The smallest absolute Gasteiger partial charge is 0.255 e. The van der Waals surface area contributed by atoms with Gasteiger partial charge in [-0.3, -0.25) is 9.48 Å². The Balaban J connectivity index is 1.68. The fourth-order valence-corrected chi connectivity index (χ4v) is 2.97. The molecule has 4 nitrogen and oxygen atoms in total. The Bertz CT molecular complexity index is 879. The van der Waals surface area contributed by atoms with Crippen LogP contribution >= 0.6 is 15.9 Å². The summed E-state index contributed by atoms with van der Waals surface area (Å²) in [5, 5.41) is 4.34. The van der Waals surface area contributed by atoms with E-state index in [0.717, 1.165) is 11.1 Å². The minimum absolute atomic E-state index is 0.248. The molecule has 0 saturated carbocycles. The van der Waals surface area contributed by atoms with E-state index in [9.17, 15) is 9.18 Å². The van der Waals surface area contributed by atoms with Gasteiger partial charge in [-0.05, 0) is 39.7 Å². The van der Waals surface area contributed by atoms with Crippen LogP contribution in [-0.2, 0) is 13.1 Å². The van der Waals surface area contributed by atoms with Crippen LogP contribution in [0.3, 0.4) is 0 Å². The third-order valence-corrected chi connectivity index (χ3v) is 4.49.